The van der Waals surface area contributed by atoms with Crippen molar-refractivity contribution in [2.45, 2.75) is 12.1 Å². The number of ether oxygens (including phenoxy) is 1. The molecule has 0 radical (unpaired) electrons. The second-order valence-electron chi connectivity index (χ2n) is 7.16. The summed E-state index contributed by atoms with van der Waals surface area (Å²) < 4.78 is 20.7. The van der Waals surface area contributed by atoms with Crippen molar-refractivity contribution in [3.05, 3.63) is 107 Å². The number of ketones is 1. The zero-order valence-electron chi connectivity index (χ0n) is 17.0. The summed E-state index contributed by atoms with van der Waals surface area (Å²) in [5, 5.41) is 17.3. The van der Waals surface area contributed by atoms with Gasteiger partial charge in [-0.05, 0) is 65.6 Å². The smallest absolute Gasteiger partial charge is 0.185 e. The Kier molecular flexibility index (Phi) is 6.53. The third-order valence-corrected chi connectivity index (χ3v) is 5.67. The minimum atomic E-state index is -1.47. The van der Waals surface area contributed by atoms with Crippen molar-refractivity contribution in [1.29, 1.82) is 0 Å². The number of hydrogen-bond donors (Lipinski definition) is 1. The molecule has 0 spiro atoms. The van der Waals surface area contributed by atoms with Gasteiger partial charge in [0.25, 0.3) is 0 Å². The van der Waals surface area contributed by atoms with Gasteiger partial charge in [0.05, 0.1) is 6.54 Å². The average molecular weight is 450 g/mol. The summed E-state index contributed by atoms with van der Waals surface area (Å²) in [5.74, 6) is -0.0204. The van der Waals surface area contributed by atoms with Crippen molar-refractivity contribution >= 4 is 23.2 Å². The van der Waals surface area contributed by atoms with Gasteiger partial charge in [0.15, 0.2) is 5.78 Å². The molecule has 162 valence electrons. The first-order chi connectivity index (χ1) is 15.5. The molecule has 0 aliphatic heterocycles. The molecule has 2 aromatic carbocycles. The van der Waals surface area contributed by atoms with Crippen LogP contribution in [0.1, 0.15) is 20.8 Å². The SMILES string of the molecule is O=C(/C=C/c1cccs1)c1ccc(OCC(O)(Cn2cncn2)c2ccc(F)cc2)cc1. The van der Waals surface area contributed by atoms with Crippen LogP contribution in [-0.2, 0) is 12.1 Å². The first kappa shape index (κ1) is 21.6. The molecule has 1 N–H and O–H groups in total. The van der Waals surface area contributed by atoms with Crippen LogP contribution in [-0.4, -0.2) is 32.3 Å². The summed E-state index contributed by atoms with van der Waals surface area (Å²) in [6, 6.07) is 16.1. The Bertz CT molecular complexity index is 1170. The maximum Gasteiger partial charge on any atom is 0.185 e. The molecule has 6 nitrogen and oxygen atoms in total. The predicted octanol–water partition coefficient (Wildman–Crippen LogP) is 4.34. The number of rotatable bonds is 9. The molecule has 2 heterocycles. The largest absolute Gasteiger partial charge is 0.490 e. The van der Waals surface area contributed by atoms with Crippen LogP contribution in [0.15, 0.2) is 84.8 Å². The monoisotopic (exact) mass is 449 g/mol. The van der Waals surface area contributed by atoms with E-state index in [9.17, 15) is 14.3 Å². The van der Waals surface area contributed by atoms with Crippen molar-refractivity contribution in [3.8, 4) is 5.75 Å². The zero-order valence-corrected chi connectivity index (χ0v) is 17.8. The number of benzene rings is 2. The van der Waals surface area contributed by atoms with Gasteiger partial charge in [-0.2, -0.15) is 5.10 Å². The number of aliphatic hydroxyl groups is 1. The van der Waals surface area contributed by atoms with E-state index in [0.29, 0.717) is 16.9 Å². The van der Waals surface area contributed by atoms with Crippen LogP contribution in [0.2, 0.25) is 0 Å². The van der Waals surface area contributed by atoms with Gasteiger partial charge < -0.3 is 9.84 Å². The molecule has 0 aliphatic rings. The highest BCUT2D eigenvalue weighted by atomic mass is 32.1. The van der Waals surface area contributed by atoms with E-state index in [1.807, 2.05) is 17.5 Å². The van der Waals surface area contributed by atoms with Crippen LogP contribution in [0.25, 0.3) is 6.08 Å². The lowest BCUT2D eigenvalue weighted by molar-refractivity contribution is -0.0270. The third kappa shape index (κ3) is 5.35. The van der Waals surface area contributed by atoms with Gasteiger partial charge in [0, 0.05) is 10.4 Å². The highest BCUT2D eigenvalue weighted by Crippen LogP contribution is 2.26. The van der Waals surface area contributed by atoms with Crippen LogP contribution in [0.5, 0.6) is 5.75 Å². The van der Waals surface area contributed by atoms with Gasteiger partial charge >= 0.3 is 0 Å². The van der Waals surface area contributed by atoms with E-state index in [-0.39, 0.29) is 18.9 Å². The molecule has 2 aromatic heterocycles. The van der Waals surface area contributed by atoms with Crippen molar-refractivity contribution in [3.63, 3.8) is 0 Å². The van der Waals surface area contributed by atoms with E-state index in [4.69, 9.17) is 4.74 Å². The molecule has 4 aromatic rings. The van der Waals surface area contributed by atoms with E-state index in [0.717, 1.165) is 4.88 Å². The summed E-state index contributed by atoms with van der Waals surface area (Å²) in [7, 11) is 0. The molecule has 0 amide bonds. The van der Waals surface area contributed by atoms with E-state index >= 15 is 0 Å². The van der Waals surface area contributed by atoms with Crippen molar-refractivity contribution in [1.82, 2.24) is 14.8 Å². The zero-order chi connectivity index (χ0) is 22.4. The minimum Gasteiger partial charge on any atom is -0.490 e. The number of nitrogens with zero attached hydrogens (tertiary/aromatic N) is 3. The predicted molar refractivity (Wildman–Crippen MR) is 120 cm³/mol. The second kappa shape index (κ2) is 9.67. The maximum absolute atomic E-state index is 13.4. The van der Waals surface area contributed by atoms with E-state index in [1.54, 1.807) is 41.7 Å². The highest BCUT2D eigenvalue weighted by Gasteiger charge is 2.32. The fourth-order valence-electron chi connectivity index (χ4n) is 3.12. The molecule has 8 heteroatoms. The van der Waals surface area contributed by atoms with E-state index in [2.05, 4.69) is 10.1 Å². The normalized spacial score (nSPS) is 13.2. The van der Waals surface area contributed by atoms with Crippen molar-refractivity contribution in [2.24, 2.45) is 0 Å². The molecule has 1 unspecified atom stereocenters. The molecule has 0 aliphatic carbocycles. The topological polar surface area (TPSA) is 77.2 Å². The molecule has 0 fully saturated rings. The lowest BCUT2D eigenvalue weighted by Gasteiger charge is -2.28. The molecule has 0 bridgehead atoms. The van der Waals surface area contributed by atoms with Crippen LogP contribution >= 0.6 is 11.3 Å². The Labute approximate surface area is 188 Å². The van der Waals surface area contributed by atoms with Crippen molar-refractivity contribution in [2.75, 3.05) is 6.61 Å². The first-order valence-corrected chi connectivity index (χ1v) is 10.7. The third-order valence-electron chi connectivity index (χ3n) is 4.83. The summed E-state index contributed by atoms with van der Waals surface area (Å²) in [6.07, 6.45) is 6.17. The maximum atomic E-state index is 13.4. The number of allylic oxidation sites excluding steroid dienone is 1. The summed E-state index contributed by atoms with van der Waals surface area (Å²) in [6.45, 7) is -0.0349. The standard InChI is InChI=1S/C24H20FN3O3S/c25-20-7-5-19(6-8-20)24(30,14-28-17-26-16-27-28)15-31-21-9-3-18(4-10-21)23(29)12-11-22-2-1-13-32-22/h1-13,16-17,30H,14-15H2/b12-11+. The van der Waals surface area contributed by atoms with Gasteiger partial charge in [-0.25, -0.2) is 14.1 Å². The molecule has 32 heavy (non-hydrogen) atoms. The fraction of sp³-hybridized carbons (Fsp3) is 0.125. The lowest BCUT2D eigenvalue weighted by atomic mass is 9.94. The Morgan fingerprint density at radius 3 is 2.59 bits per heavy atom. The van der Waals surface area contributed by atoms with Gasteiger partial charge in [0.1, 0.15) is 36.4 Å². The van der Waals surface area contributed by atoms with Crippen LogP contribution in [0, 0.1) is 5.82 Å². The van der Waals surface area contributed by atoms with Crippen LogP contribution < -0.4 is 4.74 Å². The fourth-order valence-corrected chi connectivity index (χ4v) is 3.74. The van der Waals surface area contributed by atoms with E-state index in [1.165, 1.54) is 47.7 Å². The number of hydrogen-bond acceptors (Lipinski definition) is 6. The number of carbonyl (C=O) groups is 1. The number of thiophene rings is 1. The van der Waals surface area contributed by atoms with Gasteiger partial charge in [-0.15, -0.1) is 11.3 Å². The first-order valence-electron chi connectivity index (χ1n) is 9.81. The van der Waals surface area contributed by atoms with Gasteiger partial charge in [-0.3, -0.25) is 4.79 Å². The molecular formula is C24H20FN3O3S. The van der Waals surface area contributed by atoms with E-state index < -0.39 is 11.4 Å². The second-order valence-corrected chi connectivity index (χ2v) is 8.14. The number of carbonyl (C=O) groups excluding carboxylic acids is 1. The number of halogens is 1. The summed E-state index contributed by atoms with van der Waals surface area (Å²) >= 11 is 1.56. The Morgan fingerprint density at radius 2 is 1.94 bits per heavy atom. The lowest BCUT2D eigenvalue weighted by Crippen LogP contribution is -2.38. The minimum absolute atomic E-state index is 0.0721. The number of aromatic nitrogens is 3. The molecule has 0 saturated carbocycles. The Hall–Kier alpha value is -3.62. The Morgan fingerprint density at radius 1 is 1.16 bits per heavy atom. The van der Waals surface area contributed by atoms with Crippen LogP contribution in [0.3, 0.4) is 0 Å². The van der Waals surface area contributed by atoms with Crippen molar-refractivity contribution < 1.29 is 19.0 Å². The molecule has 1 atom stereocenters. The van der Waals surface area contributed by atoms with Gasteiger partial charge in [0.2, 0.25) is 0 Å². The molecular weight excluding hydrogens is 429 g/mol. The molecule has 0 saturated heterocycles. The summed E-state index contributed by atoms with van der Waals surface area (Å²) in [4.78, 5) is 17.2. The quantitative estimate of drug-likeness (QED) is 0.304. The van der Waals surface area contributed by atoms with Crippen LogP contribution in [0.4, 0.5) is 4.39 Å². The average Bonchev–Trinajstić information content (AvgIpc) is 3.51. The van der Waals surface area contributed by atoms with Gasteiger partial charge in [-0.1, -0.05) is 18.2 Å². The Balaban J connectivity index is 1.45. The highest BCUT2D eigenvalue weighted by molar-refractivity contribution is 7.10. The molecule has 4 rings (SSSR count). The summed E-state index contributed by atoms with van der Waals surface area (Å²) in [5.41, 5.74) is -0.458.